The van der Waals surface area contributed by atoms with E-state index >= 15 is 0 Å². The molecule has 1 fully saturated rings. The molecule has 1 aliphatic heterocycles. The van der Waals surface area contributed by atoms with Gasteiger partial charge in [0.05, 0.1) is 13.2 Å². The fourth-order valence-electron chi connectivity index (χ4n) is 3.00. The standard InChI is InChI=1S/C20H24ClNO3/c1-3-23-17-9-4-5-10-18(17)25-20(15-7-6-8-16(21)13-15)19-14-22(2)11-12-24-19/h4-10,13,19-20H,3,11-12,14H2,1-2H3. The molecule has 0 aliphatic carbocycles. The van der Waals surface area contributed by atoms with Crippen molar-refractivity contribution in [2.24, 2.45) is 0 Å². The summed E-state index contributed by atoms with van der Waals surface area (Å²) in [5, 5.41) is 0.688. The fraction of sp³-hybridized carbons (Fsp3) is 0.400. The average Bonchev–Trinajstić information content (AvgIpc) is 2.61. The van der Waals surface area contributed by atoms with Gasteiger partial charge in [-0.1, -0.05) is 35.9 Å². The van der Waals surface area contributed by atoms with Crippen LogP contribution in [0.25, 0.3) is 0 Å². The van der Waals surface area contributed by atoms with Crippen molar-refractivity contribution in [3.63, 3.8) is 0 Å². The molecule has 0 bridgehead atoms. The Hall–Kier alpha value is -1.75. The lowest BCUT2D eigenvalue weighted by atomic mass is 10.0. The SMILES string of the molecule is CCOc1ccccc1OC(c1cccc(Cl)c1)C1CN(C)CCO1. The summed E-state index contributed by atoms with van der Waals surface area (Å²) in [4.78, 5) is 2.25. The van der Waals surface area contributed by atoms with Crippen LogP contribution in [0, 0.1) is 0 Å². The molecular formula is C20H24ClNO3. The molecule has 0 N–H and O–H groups in total. The van der Waals surface area contributed by atoms with E-state index < -0.39 is 0 Å². The quantitative estimate of drug-likeness (QED) is 0.772. The van der Waals surface area contributed by atoms with Gasteiger partial charge in [0.2, 0.25) is 0 Å². The third-order valence-electron chi connectivity index (χ3n) is 4.21. The van der Waals surface area contributed by atoms with Gasteiger partial charge in [-0.2, -0.15) is 0 Å². The summed E-state index contributed by atoms with van der Waals surface area (Å²) >= 11 is 6.21. The van der Waals surface area contributed by atoms with Crippen molar-refractivity contribution in [3.8, 4) is 11.5 Å². The van der Waals surface area contributed by atoms with Gasteiger partial charge in [0.25, 0.3) is 0 Å². The molecule has 1 aliphatic rings. The molecule has 0 aromatic heterocycles. The van der Waals surface area contributed by atoms with Gasteiger partial charge in [-0.05, 0) is 43.8 Å². The molecule has 5 heteroatoms. The highest BCUT2D eigenvalue weighted by Crippen LogP contribution is 2.34. The van der Waals surface area contributed by atoms with Gasteiger partial charge in [-0.3, -0.25) is 0 Å². The minimum Gasteiger partial charge on any atom is -0.490 e. The lowest BCUT2D eigenvalue weighted by molar-refractivity contribution is -0.0764. The number of hydrogen-bond donors (Lipinski definition) is 0. The third-order valence-corrected chi connectivity index (χ3v) is 4.45. The van der Waals surface area contributed by atoms with Crippen molar-refractivity contribution in [2.75, 3.05) is 33.4 Å². The molecule has 134 valence electrons. The van der Waals surface area contributed by atoms with Crippen LogP contribution in [0.4, 0.5) is 0 Å². The van der Waals surface area contributed by atoms with Crippen LogP contribution < -0.4 is 9.47 Å². The Balaban J connectivity index is 1.91. The predicted octanol–water partition coefficient (Wildman–Crippen LogP) is 4.19. The first-order valence-corrected chi connectivity index (χ1v) is 8.99. The number of para-hydroxylation sites is 2. The fourth-order valence-corrected chi connectivity index (χ4v) is 3.19. The highest BCUT2D eigenvalue weighted by atomic mass is 35.5. The van der Waals surface area contributed by atoms with E-state index in [-0.39, 0.29) is 12.2 Å². The number of likely N-dealkylation sites (N-methyl/N-ethyl adjacent to an activating group) is 1. The number of halogens is 1. The summed E-state index contributed by atoms with van der Waals surface area (Å²) < 4.78 is 18.1. The largest absolute Gasteiger partial charge is 0.490 e. The maximum absolute atomic E-state index is 6.39. The van der Waals surface area contributed by atoms with Crippen LogP contribution in [0.15, 0.2) is 48.5 Å². The van der Waals surface area contributed by atoms with E-state index in [1.165, 1.54) is 0 Å². The molecule has 1 saturated heterocycles. The van der Waals surface area contributed by atoms with Gasteiger partial charge in [-0.15, -0.1) is 0 Å². The van der Waals surface area contributed by atoms with Crippen molar-refractivity contribution >= 4 is 11.6 Å². The molecule has 4 nitrogen and oxygen atoms in total. The van der Waals surface area contributed by atoms with E-state index in [1.54, 1.807) is 0 Å². The second-order valence-corrected chi connectivity index (χ2v) is 6.58. The summed E-state index contributed by atoms with van der Waals surface area (Å²) in [5.74, 6) is 1.45. The van der Waals surface area contributed by atoms with Crippen molar-refractivity contribution < 1.29 is 14.2 Å². The molecule has 0 spiro atoms. The zero-order chi connectivity index (χ0) is 17.6. The van der Waals surface area contributed by atoms with E-state index in [0.717, 1.165) is 24.4 Å². The van der Waals surface area contributed by atoms with Crippen molar-refractivity contribution in [2.45, 2.75) is 19.1 Å². The van der Waals surface area contributed by atoms with Gasteiger partial charge < -0.3 is 19.1 Å². The molecule has 2 unspecified atom stereocenters. The molecule has 0 saturated carbocycles. The third kappa shape index (κ3) is 4.66. The first-order chi connectivity index (χ1) is 12.2. The smallest absolute Gasteiger partial charge is 0.162 e. The molecule has 2 aromatic carbocycles. The zero-order valence-electron chi connectivity index (χ0n) is 14.7. The van der Waals surface area contributed by atoms with Crippen molar-refractivity contribution in [1.82, 2.24) is 4.90 Å². The van der Waals surface area contributed by atoms with Gasteiger partial charge in [0, 0.05) is 18.1 Å². The summed E-state index contributed by atoms with van der Waals surface area (Å²) in [6, 6.07) is 15.5. The molecule has 25 heavy (non-hydrogen) atoms. The van der Waals surface area contributed by atoms with E-state index in [2.05, 4.69) is 11.9 Å². The van der Waals surface area contributed by atoms with Crippen LogP contribution in [-0.2, 0) is 4.74 Å². The van der Waals surface area contributed by atoms with Gasteiger partial charge >= 0.3 is 0 Å². The maximum atomic E-state index is 6.39. The number of hydrogen-bond acceptors (Lipinski definition) is 4. The van der Waals surface area contributed by atoms with Crippen LogP contribution in [0.1, 0.15) is 18.6 Å². The van der Waals surface area contributed by atoms with Crippen LogP contribution in [0.3, 0.4) is 0 Å². The van der Waals surface area contributed by atoms with E-state index in [1.807, 2.05) is 55.5 Å². The Kier molecular flexibility index (Phi) is 6.19. The minimum atomic E-state index is -0.261. The molecular weight excluding hydrogens is 338 g/mol. The maximum Gasteiger partial charge on any atom is 0.162 e. The minimum absolute atomic E-state index is 0.0769. The van der Waals surface area contributed by atoms with Gasteiger partial charge in [0.15, 0.2) is 17.6 Å². The van der Waals surface area contributed by atoms with Crippen LogP contribution in [0.2, 0.25) is 5.02 Å². The molecule has 3 rings (SSSR count). The van der Waals surface area contributed by atoms with Crippen molar-refractivity contribution in [3.05, 3.63) is 59.1 Å². The van der Waals surface area contributed by atoms with Gasteiger partial charge in [-0.25, -0.2) is 0 Å². The molecule has 0 amide bonds. The predicted molar refractivity (Wildman–Crippen MR) is 99.7 cm³/mol. The number of nitrogens with zero attached hydrogens (tertiary/aromatic N) is 1. The Bertz CT molecular complexity index is 694. The number of morpholine rings is 1. The summed E-state index contributed by atoms with van der Waals surface area (Å²) in [5.41, 5.74) is 0.999. The van der Waals surface area contributed by atoms with E-state index in [0.29, 0.717) is 24.0 Å². The summed E-state index contributed by atoms with van der Waals surface area (Å²) in [6.45, 7) is 4.96. The molecule has 0 radical (unpaired) electrons. The average molecular weight is 362 g/mol. The normalized spacial score (nSPS) is 19.4. The van der Waals surface area contributed by atoms with E-state index in [4.69, 9.17) is 25.8 Å². The van der Waals surface area contributed by atoms with Gasteiger partial charge in [0.1, 0.15) is 6.10 Å². The first-order valence-electron chi connectivity index (χ1n) is 8.61. The second kappa shape index (κ2) is 8.56. The highest BCUT2D eigenvalue weighted by molar-refractivity contribution is 6.30. The second-order valence-electron chi connectivity index (χ2n) is 6.14. The number of benzene rings is 2. The zero-order valence-corrected chi connectivity index (χ0v) is 15.4. The monoisotopic (exact) mass is 361 g/mol. The number of ether oxygens (including phenoxy) is 3. The van der Waals surface area contributed by atoms with Crippen molar-refractivity contribution in [1.29, 1.82) is 0 Å². The molecule has 2 aromatic rings. The molecule has 2 atom stereocenters. The summed E-state index contributed by atoms with van der Waals surface area (Å²) in [7, 11) is 2.10. The lowest BCUT2D eigenvalue weighted by Gasteiger charge is -2.35. The van der Waals surface area contributed by atoms with Crippen LogP contribution >= 0.6 is 11.6 Å². The molecule has 1 heterocycles. The lowest BCUT2D eigenvalue weighted by Crippen LogP contribution is -2.44. The Morgan fingerprint density at radius 3 is 2.72 bits per heavy atom. The van der Waals surface area contributed by atoms with Crippen LogP contribution in [0.5, 0.6) is 11.5 Å². The van der Waals surface area contributed by atoms with E-state index in [9.17, 15) is 0 Å². The Morgan fingerprint density at radius 1 is 1.20 bits per heavy atom. The number of rotatable bonds is 6. The topological polar surface area (TPSA) is 30.9 Å². The summed E-state index contributed by atoms with van der Waals surface area (Å²) in [6.07, 6.45) is -0.338. The highest BCUT2D eigenvalue weighted by Gasteiger charge is 2.30. The Morgan fingerprint density at radius 2 is 2.00 bits per heavy atom. The first kappa shape index (κ1) is 18.1. The van der Waals surface area contributed by atoms with Crippen LogP contribution in [-0.4, -0.2) is 44.4 Å². The Labute approximate surface area is 154 Å².